The highest BCUT2D eigenvalue weighted by Gasteiger charge is 2.18. The molecule has 0 heterocycles. The Morgan fingerprint density at radius 2 is 1.72 bits per heavy atom. The predicted octanol–water partition coefficient (Wildman–Crippen LogP) is 3.94. The Kier molecular flexibility index (Phi) is 7.39. The number of hydrogen-bond acceptors (Lipinski definition) is 6. The number of carbonyl (C=O) groups is 2. The Hall–Kier alpha value is -3.50. The molecule has 10 heteroatoms. The molecule has 0 atom stereocenters. The molecule has 0 aliphatic rings. The number of anilines is 1. The van der Waals surface area contributed by atoms with Gasteiger partial charge in [-0.05, 0) is 54.6 Å². The van der Waals surface area contributed by atoms with E-state index in [1.54, 1.807) is 42.5 Å². The van der Waals surface area contributed by atoms with Crippen molar-refractivity contribution in [2.75, 3.05) is 5.32 Å². The number of nitrogens with one attached hydrogen (secondary N) is 2. The smallest absolute Gasteiger partial charge is 0.339 e. The van der Waals surface area contributed by atoms with Gasteiger partial charge in [-0.15, -0.1) is 0 Å². The Balaban J connectivity index is 1.73. The molecule has 0 saturated carbocycles. The highest BCUT2D eigenvalue weighted by Crippen LogP contribution is 2.23. The van der Waals surface area contributed by atoms with Crippen molar-refractivity contribution >= 4 is 49.8 Å². The van der Waals surface area contributed by atoms with E-state index in [0.29, 0.717) is 16.8 Å². The largest absolute Gasteiger partial charge is 0.378 e. The van der Waals surface area contributed by atoms with Gasteiger partial charge in [-0.3, -0.25) is 9.59 Å². The van der Waals surface area contributed by atoms with Crippen molar-refractivity contribution in [3.05, 3.63) is 88.4 Å². The maximum absolute atomic E-state index is 12.7. The first-order valence-electron chi connectivity index (χ1n) is 9.25. The summed E-state index contributed by atoms with van der Waals surface area (Å²) in [4.78, 5) is 23.2. The number of carbonyl (C=O) groups excluding carboxylic acids is 2. The van der Waals surface area contributed by atoms with Crippen LogP contribution in [0.1, 0.15) is 22.8 Å². The van der Waals surface area contributed by atoms with Crippen LogP contribution >= 0.6 is 15.9 Å². The molecule has 0 radical (unpaired) electrons. The number of amides is 2. The van der Waals surface area contributed by atoms with Crippen molar-refractivity contribution in [1.29, 1.82) is 0 Å². The molecule has 164 valence electrons. The summed E-state index contributed by atoms with van der Waals surface area (Å²) < 4.78 is 31.3. The first-order valence-corrected chi connectivity index (χ1v) is 11.4. The lowest BCUT2D eigenvalue weighted by Gasteiger charge is -2.10. The van der Waals surface area contributed by atoms with E-state index < -0.39 is 16.0 Å². The fourth-order valence-electron chi connectivity index (χ4n) is 2.59. The van der Waals surface area contributed by atoms with Gasteiger partial charge < -0.3 is 9.50 Å². The Morgan fingerprint density at radius 1 is 1.00 bits per heavy atom. The summed E-state index contributed by atoms with van der Waals surface area (Å²) in [5.41, 5.74) is 3.61. The van der Waals surface area contributed by atoms with Crippen LogP contribution in [0.2, 0.25) is 0 Å². The number of halogens is 1. The molecule has 2 N–H and O–H groups in total. The number of rotatable bonds is 7. The molecule has 3 aromatic carbocycles. The highest BCUT2D eigenvalue weighted by atomic mass is 79.9. The SMILES string of the molecule is CC(=O)Nc1ccc(S(=O)(=O)Oc2ccccc2/C=N\NC(=O)c2cccc(Br)c2)cc1. The van der Waals surface area contributed by atoms with Gasteiger partial charge in [0.05, 0.1) is 6.21 Å². The third-order valence-corrected chi connectivity index (χ3v) is 5.78. The van der Waals surface area contributed by atoms with E-state index in [4.69, 9.17) is 4.18 Å². The molecule has 0 aromatic heterocycles. The lowest BCUT2D eigenvalue weighted by atomic mass is 10.2. The fourth-order valence-corrected chi connectivity index (χ4v) is 3.95. The molecule has 0 aliphatic heterocycles. The van der Waals surface area contributed by atoms with Crippen molar-refractivity contribution < 1.29 is 22.2 Å². The van der Waals surface area contributed by atoms with E-state index in [1.807, 2.05) is 0 Å². The molecule has 0 fully saturated rings. The Bertz CT molecular complexity index is 1270. The van der Waals surface area contributed by atoms with Gasteiger partial charge in [0.2, 0.25) is 5.91 Å². The van der Waals surface area contributed by atoms with Crippen LogP contribution in [0, 0.1) is 0 Å². The van der Waals surface area contributed by atoms with Gasteiger partial charge in [-0.25, -0.2) is 5.43 Å². The van der Waals surface area contributed by atoms with Crippen LogP contribution in [0.15, 0.2) is 87.3 Å². The summed E-state index contributed by atoms with van der Waals surface area (Å²) in [7, 11) is -4.14. The molecule has 3 aromatic rings. The summed E-state index contributed by atoms with van der Waals surface area (Å²) >= 11 is 3.30. The minimum atomic E-state index is -4.14. The normalized spacial score (nSPS) is 11.2. The van der Waals surface area contributed by atoms with Crippen molar-refractivity contribution in [2.24, 2.45) is 5.10 Å². The van der Waals surface area contributed by atoms with Crippen LogP contribution in [-0.2, 0) is 14.9 Å². The maximum Gasteiger partial charge on any atom is 0.339 e. The number of benzene rings is 3. The summed E-state index contributed by atoms with van der Waals surface area (Å²) in [6, 6.07) is 18.7. The van der Waals surface area contributed by atoms with Crippen molar-refractivity contribution in [3.8, 4) is 5.75 Å². The van der Waals surface area contributed by atoms with E-state index in [1.165, 1.54) is 43.5 Å². The monoisotopic (exact) mass is 515 g/mol. The number of para-hydroxylation sites is 1. The zero-order chi connectivity index (χ0) is 23.1. The van der Waals surface area contributed by atoms with Crippen molar-refractivity contribution in [3.63, 3.8) is 0 Å². The van der Waals surface area contributed by atoms with Gasteiger partial charge in [0.25, 0.3) is 5.91 Å². The highest BCUT2D eigenvalue weighted by molar-refractivity contribution is 9.10. The molecule has 0 unspecified atom stereocenters. The second kappa shape index (κ2) is 10.2. The van der Waals surface area contributed by atoms with Gasteiger partial charge >= 0.3 is 10.1 Å². The minimum absolute atomic E-state index is 0.0406. The summed E-state index contributed by atoms with van der Waals surface area (Å²) in [6.45, 7) is 1.35. The zero-order valence-electron chi connectivity index (χ0n) is 16.8. The summed E-state index contributed by atoms with van der Waals surface area (Å²) in [5.74, 6) is -0.649. The average Bonchev–Trinajstić information content (AvgIpc) is 2.74. The minimum Gasteiger partial charge on any atom is -0.378 e. The molecule has 2 amide bonds. The van der Waals surface area contributed by atoms with Crippen LogP contribution in [0.5, 0.6) is 5.75 Å². The second-order valence-electron chi connectivity index (χ2n) is 6.49. The Labute approximate surface area is 193 Å². The maximum atomic E-state index is 12.7. The van der Waals surface area contributed by atoms with E-state index in [0.717, 1.165) is 4.47 Å². The first-order chi connectivity index (χ1) is 15.2. The number of hydrazone groups is 1. The Morgan fingerprint density at radius 3 is 2.41 bits per heavy atom. The quantitative estimate of drug-likeness (QED) is 0.281. The van der Waals surface area contributed by atoms with E-state index >= 15 is 0 Å². The molecule has 3 rings (SSSR count). The van der Waals surface area contributed by atoms with Crippen LogP contribution in [0.25, 0.3) is 0 Å². The molecular formula is C22H18BrN3O5S. The lowest BCUT2D eigenvalue weighted by Crippen LogP contribution is -2.17. The number of nitrogens with zero attached hydrogens (tertiary/aromatic N) is 1. The lowest BCUT2D eigenvalue weighted by molar-refractivity contribution is -0.114. The van der Waals surface area contributed by atoms with Gasteiger partial charge in [-0.1, -0.05) is 34.1 Å². The number of hydrogen-bond donors (Lipinski definition) is 2. The van der Waals surface area contributed by atoms with Crippen LogP contribution in [0.3, 0.4) is 0 Å². The van der Waals surface area contributed by atoms with Crippen LogP contribution < -0.4 is 14.9 Å². The van der Waals surface area contributed by atoms with Crippen molar-refractivity contribution in [1.82, 2.24) is 5.43 Å². The van der Waals surface area contributed by atoms with Crippen LogP contribution in [0.4, 0.5) is 5.69 Å². The first kappa shape index (κ1) is 23.2. The van der Waals surface area contributed by atoms with Gasteiger partial charge in [0.15, 0.2) is 5.75 Å². The van der Waals surface area contributed by atoms with Gasteiger partial charge in [0.1, 0.15) is 4.90 Å². The third-order valence-electron chi connectivity index (χ3n) is 4.04. The van der Waals surface area contributed by atoms with E-state index in [-0.39, 0.29) is 16.6 Å². The van der Waals surface area contributed by atoms with Gasteiger partial charge in [-0.2, -0.15) is 13.5 Å². The molecule has 8 nitrogen and oxygen atoms in total. The molecule has 0 spiro atoms. The fraction of sp³-hybridized carbons (Fsp3) is 0.0455. The van der Waals surface area contributed by atoms with E-state index in [2.05, 4.69) is 31.8 Å². The third kappa shape index (κ3) is 6.25. The zero-order valence-corrected chi connectivity index (χ0v) is 19.2. The summed E-state index contributed by atoms with van der Waals surface area (Å²) in [5, 5.41) is 6.46. The van der Waals surface area contributed by atoms with E-state index in [9.17, 15) is 18.0 Å². The molecular weight excluding hydrogens is 498 g/mol. The topological polar surface area (TPSA) is 114 Å². The molecule has 0 saturated heterocycles. The second-order valence-corrected chi connectivity index (χ2v) is 8.95. The molecule has 32 heavy (non-hydrogen) atoms. The van der Waals surface area contributed by atoms with Crippen molar-refractivity contribution in [2.45, 2.75) is 11.8 Å². The van der Waals surface area contributed by atoms with Crippen LogP contribution in [-0.4, -0.2) is 26.4 Å². The van der Waals surface area contributed by atoms with Gasteiger partial charge in [0, 0.05) is 28.2 Å². The molecule has 0 bridgehead atoms. The summed E-state index contributed by atoms with van der Waals surface area (Å²) in [6.07, 6.45) is 1.29. The molecule has 0 aliphatic carbocycles. The standard InChI is InChI=1S/C22H18BrN3O5S/c1-15(27)25-19-9-11-20(12-10-19)32(29,30)31-21-8-3-2-5-17(21)14-24-26-22(28)16-6-4-7-18(23)13-16/h2-14H,1H3,(H,25,27)(H,26,28)/b24-14-. The average molecular weight is 516 g/mol. The predicted molar refractivity (Wildman–Crippen MR) is 124 cm³/mol.